The van der Waals surface area contributed by atoms with Crippen molar-refractivity contribution in [2.45, 2.75) is 23.8 Å². The second-order valence-corrected chi connectivity index (χ2v) is 7.20. The van der Waals surface area contributed by atoms with Gasteiger partial charge in [-0.05, 0) is 36.2 Å². The quantitative estimate of drug-likeness (QED) is 0.730. The Morgan fingerprint density at radius 3 is 2.27 bits per heavy atom. The van der Waals surface area contributed by atoms with E-state index in [-0.39, 0.29) is 24.2 Å². The third-order valence-electron chi connectivity index (χ3n) is 3.56. The molecule has 2 aromatic carbocycles. The number of carbonyl (C=O) groups excluding carboxylic acids is 2. The fraction of sp³-hybridized carbons (Fsp3) is 0.222. The summed E-state index contributed by atoms with van der Waals surface area (Å²) in [6.45, 7) is 0. The number of nitrogens with one attached hydrogen (secondary N) is 1. The number of hydrogen-bond acceptors (Lipinski definition) is 3. The maximum atomic E-state index is 13.2. The summed E-state index contributed by atoms with van der Waals surface area (Å²) in [5.41, 5.74) is 5.41. The predicted octanol–water partition coefficient (Wildman–Crippen LogP) is 1.68. The van der Waals surface area contributed by atoms with Crippen LogP contribution in [0.25, 0.3) is 0 Å². The molecule has 0 saturated heterocycles. The lowest BCUT2D eigenvalue weighted by molar-refractivity contribution is -0.127. The van der Waals surface area contributed by atoms with Gasteiger partial charge in [0.15, 0.2) is 0 Å². The van der Waals surface area contributed by atoms with Crippen LogP contribution in [-0.4, -0.2) is 27.8 Å². The zero-order valence-corrected chi connectivity index (χ0v) is 14.6. The topological polar surface area (TPSA) is 89.3 Å². The monoisotopic (exact) mass is 380 g/mol. The van der Waals surface area contributed by atoms with E-state index in [2.05, 4.69) is 5.32 Å². The molecule has 0 saturated carbocycles. The van der Waals surface area contributed by atoms with Crippen molar-refractivity contribution in [2.24, 2.45) is 5.73 Å². The number of amides is 2. The van der Waals surface area contributed by atoms with Gasteiger partial charge in [-0.2, -0.15) is 0 Å². The standard InChI is InChI=1S/C18H18F2N2O3S/c19-13-8-12(9-14(20)11-13)10-17(23)22-16(18(21)24)6-7-26(25)15-4-2-1-3-5-15/h1-5,8-9,11,16H,6-7,10H2,(H2,21,24)(H,22,23)/t16-,26+/m1/s1. The first-order chi connectivity index (χ1) is 12.3. The Bertz CT molecular complexity index is 795. The molecule has 0 aliphatic heterocycles. The lowest BCUT2D eigenvalue weighted by Gasteiger charge is -2.15. The largest absolute Gasteiger partial charge is 0.368 e. The smallest absolute Gasteiger partial charge is 0.240 e. The van der Waals surface area contributed by atoms with Crippen LogP contribution in [0.1, 0.15) is 12.0 Å². The van der Waals surface area contributed by atoms with Gasteiger partial charge >= 0.3 is 0 Å². The lowest BCUT2D eigenvalue weighted by atomic mass is 10.1. The van der Waals surface area contributed by atoms with Gasteiger partial charge in [-0.25, -0.2) is 8.78 Å². The van der Waals surface area contributed by atoms with E-state index in [0.717, 1.165) is 12.1 Å². The molecule has 0 aliphatic rings. The Morgan fingerprint density at radius 1 is 1.08 bits per heavy atom. The minimum absolute atomic E-state index is 0.0834. The Hall–Kier alpha value is -2.61. The van der Waals surface area contributed by atoms with Gasteiger partial charge in [-0.15, -0.1) is 0 Å². The maximum absolute atomic E-state index is 13.2. The Kier molecular flexibility index (Phi) is 6.97. The molecule has 0 bridgehead atoms. The molecular formula is C18H18F2N2O3S. The van der Waals surface area contributed by atoms with Gasteiger partial charge in [0.05, 0.1) is 17.2 Å². The van der Waals surface area contributed by atoms with Crippen molar-refractivity contribution in [2.75, 3.05) is 5.75 Å². The molecule has 0 radical (unpaired) electrons. The van der Waals surface area contributed by atoms with Crippen LogP contribution in [0.2, 0.25) is 0 Å². The molecule has 2 atom stereocenters. The fourth-order valence-corrected chi connectivity index (χ4v) is 3.49. The second kappa shape index (κ2) is 9.19. The summed E-state index contributed by atoms with van der Waals surface area (Å²) in [6.07, 6.45) is -0.222. The van der Waals surface area contributed by atoms with Crippen molar-refractivity contribution >= 4 is 22.6 Å². The summed E-state index contributed by atoms with van der Waals surface area (Å²) >= 11 is 0. The van der Waals surface area contributed by atoms with E-state index in [1.165, 1.54) is 0 Å². The van der Waals surface area contributed by atoms with E-state index in [4.69, 9.17) is 5.73 Å². The summed E-state index contributed by atoms with van der Waals surface area (Å²) < 4.78 is 38.5. The lowest BCUT2D eigenvalue weighted by Crippen LogP contribution is -2.45. The molecule has 2 rings (SSSR count). The minimum atomic E-state index is -1.34. The number of hydrogen-bond donors (Lipinski definition) is 2. The van der Waals surface area contributed by atoms with E-state index in [1.54, 1.807) is 30.3 Å². The molecule has 0 spiro atoms. The highest BCUT2D eigenvalue weighted by Crippen LogP contribution is 2.10. The number of carbonyl (C=O) groups is 2. The van der Waals surface area contributed by atoms with Crippen LogP contribution in [-0.2, 0) is 26.8 Å². The molecular weight excluding hydrogens is 362 g/mol. The number of benzene rings is 2. The van der Waals surface area contributed by atoms with Crippen LogP contribution in [0.5, 0.6) is 0 Å². The predicted molar refractivity (Wildman–Crippen MR) is 93.5 cm³/mol. The molecule has 0 aliphatic carbocycles. The summed E-state index contributed by atoms with van der Waals surface area (Å²) in [7, 11) is -1.34. The van der Waals surface area contributed by atoms with E-state index in [0.29, 0.717) is 11.0 Å². The van der Waals surface area contributed by atoms with Crippen LogP contribution >= 0.6 is 0 Å². The van der Waals surface area contributed by atoms with Crippen molar-refractivity contribution in [1.29, 1.82) is 0 Å². The summed E-state index contributed by atoms with van der Waals surface area (Å²) in [5, 5.41) is 2.42. The van der Waals surface area contributed by atoms with Crippen LogP contribution < -0.4 is 11.1 Å². The van der Waals surface area contributed by atoms with Crippen molar-refractivity contribution in [3.63, 3.8) is 0 Å². The van der Waals surface area contributed by atoms with Gasteiger partial charge in [0.1, 0.15) is 17.7 Å². The first-order valence-electron chi connectivity index (χ1n) is 7.82. The minimum Gasteiger partial charge on any atom is -0.368 e. The van der Waals surface area contributed by atoms with Gasteiger partial charge in [-0.3, -0.25) is 13.8 Å². The van der Waals surface area contributed by atoms with Crippen molar-refractivity contribution in [3.05, 3.63) is 65.7 Å². The van der Waals surface area contributed by atoms with Crippen LogP contribution in [0.15, 0.2) is 53.4 Å². The van der Waals surface area contributed by atoms with Crippen molar-refractivity contribution in [3.8, 4) is 0 Å². The van der Waals surface area contributed by atoms with E-state index < -0.39 is 40.3 Å². The fourth-order valence-electron chi connectivity index (χ4n) is 2.34. The molecule has 26 heavy (non-hydrogen) atoms. The summed E-state index contributed by atoms with van der Waals surface area (Å²) in [4.78, 5) is 24.2. The highest BCUT2D eigenvalue weighted by atomic mass is 32.2. The van der Waals surface area contributed by atoms with E-state index >= 15 is 0 Å². The van der Waals surface area contributed by atoms with Crippen molar-refractivity contribution in [1.82, 2.24) is 5.32 Å². The molecule has 138 valence electrons. The molecule has 5 nitrogen and oxygen atoms in total. The Balaban J connectivity index is 1.93. The Morgan fingerprint density at radius 2 is 1.69 bits per heavy atom. The maximum Gasteiger partial charge on any atom is 0.240 e. The summed E-state index contributed by atoms with van der Waals surface area (Å²) in [5.74, 6) is -2.83. The average Bonchev–Trinajstić information content (AvgIpc) is 2.57. The highest BCUT2D eigenvalue weighted by molar-refractivity contribution is 7.85. The van der Waals surface area contributed by atoms with Gasteiger partial charge in [0.25, 0.3) is 0 Å². The molecule has 2 amide bonds. The van der Waals surface area contributed by atoms with Crippen LogP contribution in [0.4, 0.5) is 8.78 Å². The molecule has 0 fully saturated rings. The normalized spacial score (nSPS) is 13.0. The average molecular weight is 380 g/mol. The number of primary amides is 1. The van der Waals surface area contributed by atoms with Gasteiger partial charge in [-0.1, -0.05) is 18.2 Å². The van der Waals surface area contributed by atoms with Gasteiger partial charge in [0.2, 0.25) is 11.8 Å². The molecule has 3 N–H and O–H groups in total. The van der Waals surface area contributed by atoms with Crippen molar-refractivity contribution < 1.29 is 22.6 Å². The summed E-state index contributed by atoms with van der Waals surface area (Å²) in [6, 6.07) is 10.4. The van der Waals surface area contributed by atoms with Crippen LogP contribution in [0, 0.1) is 11.6 Å². The number of halogens is 2. The Labute approximate surface area is 152 Å². The van der Waals surface area contributed by atoms with E-state index in [9.17, 15) is 22.6 Å². The highest BCUT2D eigenvalue weighted by Gasteiger charge is 2.20. The third kappa shape index (κ3) is 6.03. The molecule has 0 unspecified atom stereocenters. The first-order valence-corrected chi connectivity index (χ1v) is 9.14. The molecule has 8 heteroatoms. The number of nitrogens with two attached hydrogens (primary N) is 1. The number of rotatable bonds is 8. The van der Waals surface area contributed by atoms with Gasteiger partial charge < -0.3 is 11.1 Å². The molecule has 2 aromatic rings. The van der Waals surface area contributed by atoms with Crippen LogP contribution in [0.3, 0.4) is 0 Å². The zero-order valence-electron chi connectivity index (χ0n) is 13.8. The second-order valence-electron chi connectivity index (χ2n) is 5.63. The third-order valence-corrected chi connectivity index (χ3v) is 4.97. The van der Waals surface area contributed by atoms with E-state index in [1.807, 2.05) is 0 Å². The first kappa shape index (κ1) is 19.7. The van der Waals surface area contributed by atoms with Gasteiger partial charge in [0, 0.05) is 16.7 Å². The SMILES string of the molecule is NC(=O)[C@@H](CC[S@](=O)c1ccccc1)NC(=O)Cc1cc(F)cc(F)c1. The molecule has 0 heterocycles. The zero-order chi connectivity index (χ0) is 19.1. The molecule has 0 aromatic heterocycles.